The molecule has 2 heterocycles. The largest absolute Gasteiger partial charge is 0.497 e. The summed E-state index contributed by atoms with van der Waals surface area (Å²) in [7, 11) is -2.67. The van der Waals surface area contributed by atoms with Crippen LogP contribution in [0.2, 0.25) is 0 Å². The summed E-state index contributed by atoms with van der Waals surface area (Å²) >= 11 is 0. The first-order valence-electron chi connectivity index (χ1n) is 12.9. The van der Waals surface area contributed by atoms with Crippen LogP contribution in [-0.4, -0.2) is 49.5 Å². The fourth-order valence-electron chi connectivity index (χ4n) is 4.98. The van der Waals surface area contributed by atoms with Crippen molar-refractivity contribution < 1.29 is 27.1 Å². The Balaban J connectivity index is 1.26. The molecule has 0 atom stereocenters. The minimum Gasteiger partial charge on any atom is -0.497 e. The van der Waals surface area contributed by atoms with Crippen molar-refractivity contribution in [3.63, 3.8) is 0 Å². The van der Waals surface area contributed by atoms with E-state index in [0.717, 1.165) is 45.7 Å². The van der Waals surface area contributed by atoms with E-state index in [1.165, 1.54) is 37.4 Å². The maximum absolute atomic E-state index is 15.2. The first-order chi connectivity index (χ1) is 19.7. The summed E-state index contributed by atoms with van der Waals surface area (Å²) in [5.74, 6) is 0.576. The van der Waals surface area contributed by atoms with Crippen molar-refractivity contribution in [2.45, 2.75) is 23.3 Å². The fourth-order valence-corrected chi connectivity index (χ4v) is 6.29. The van der Waals surface area contributed by atoms with Crippen LogP contribution in [-0.2, 0) is 16.4 Å². The number of ether oxygens (including phenoxy) is 2. The maximum atomic E-state index is 15.2. The van der Waals surface area contributed by atoms with Gasteiger partial charge in [0.1, 0.15) is 34.6 Å². The number of H-pyrrole nitrogens is 1. The molecule has 1 aromatic heterocycles. The molecule has 0 spiro atoms. The van der Waals surface area contributed by atoms with E-state index in [1.807, 2.05) is 43.3 Å². The number of imidazole rings is 1. The Bertz CT molecular complexity index is 1900. The number of hydrogen-bond donors (Lipinski definition) is 1. The van der Waals surface area contributed by atoms with Crippen molar-refractivity contribution in [2.24, 2.45) is 0 Å². The van der Waals surface area contributed by atoms with Crippen LogP contribution < -0.4 is 9.47 Å². The van der Waals surface area contributed by atoms with Gasteiger partial charge in [0.15, 0.2) is 0 Å². The summed E-state index contributed by atoms with van der Waals surface area (Å²) in [5, 5.41) is 0. The molecule has 1 aliphatic rings. The quantitative estimate of drug-likeness (QED) is 0.297. The lowest BCUT2D eigenvalue weighted by atomic mass is 10.0. The topological polar surface area (TPSA) is 102 Å². The Kier molecular flexibility index (Phi) is 6.70. The van der Waals surface area contributed by atoms with Crippen LogP contribution in [0.25, 0.3) is 22.2 Å². The first kappa shape index (κ1) is 26.5. The average molecular weight is 572 g/mol. The lowest BCUT2D eigenvalue weighted by Gasteiger charge is -2.20. The number of benzene rings is 4. The monoisotopic (exact) mass is 571 g/mol. The molecule has 8 nitrogen and oxygen atoms in total. The molecule has 0 saturated carbocycles. The summed E-state index contributed by atoms with van der Waals surface area (Å²) < 4.78 is 52.2. The standard InChI is InChI=1S/C31H26FN3O5S/c1-19-33-27-10-3-21(17-28(27)34-19)20-4-11-29-23(15-20)18-35(13-14-40-29)31(36)22-5-12-30(26(32)16-22)41(37,38)25-8-6-24(39-2)7-9-25/h3-12,15-17H,13-14,18H2,1-2H3,(H,33,34). The Hall–Kier alpha value is -4.70. The van der Waals surface area contributed by atoms with Gasteiger partial charge in [0.05, 0.1) is 29.6 Å². The van der Waals surface area contributed by atoms with Gasteiger partial charge in [-0.1, -0.05) is 12.1 Å². The minimum atomic E-state index is -4.13. The number of hydrogen-bond acceptors (Lipinski definition) is 6. The second-order valence-corrected chi connectivity index (χ2v) is 11.7. The molecule has 41 heavy (non-hydrogen) atoms. The van der Waals surface area contributed by atoms with Crippen molar-refractivity contribution in [3.05, 3.63) is 102 Å². The van der Waals surface area contributed by atoms with E-state index in [0.29, 0.717) is 11.5 Å². The second-order valence-electron chi connectivity index (χ2n) is 9.78. The molecule has 5 aromatic rings. The highest BCUT2D eigenvalue weighted by molar-refractivity contribution is 7.91. The van der Waals surface area contributed by atoms with E-state index in [2.05, 4.69) is 9.97 Å². The Morgan fingerprint density at radius 1 is 1.00 bits per heavy atom. The molecule has 0 fully saturated rings. The molecule has 0 radical (unpaired) electrons. The molecule has 0 unspecified atom stereocenters. The molecular formula is C31H26FN3O5S. The zero-order valence-corrected chi connectivity index (χ0v) is 23.2. The summed E-state index contributed by atoms with van der Waals surface area (Å²) in [6.07, 6.45) is 0. The number of nitrogens with zero attached hydrogens (tertiary/aromatic N) is 2. The van der Waals surface area contributed by atoms with Crippen LogP contribution in [0.5, 0.6) is 11.5 Å². The molecule has 0 aliphatic carbocycles. The summed E-state index contributed by atoms with van der Waals surface area (Å²) in [4.78, 5) is 22.1. The van der Waals surface area contributed by atoms with Crippen LogP contribution in [0.3, 0.4) is 0 Å². The lowest BCUT2D eigenvalue weighted by molar-refractivity contribution is 0.0732. The van der Waals surface area contributed by atoms with Crippen LogP contribution in [0.1, 0.15) is 21.7 Å². The van der Waals surface area contributed by atoms with Crippen LogP contribution in [0.4, 0.5) is 4.39 Å². The zero-order valence-electron chi connectivity index (χ0n) is 22.3. The highest BCUT2D eigenvalue weighted by Crippen LogP contribution is 2.32. The predicted molar refractivity (Wildman–Crippen MR) is 151 cm³/mol. The molecule has 1 N–H and O–H groups in total. The van der Waals surface area contributed by atoms with Gasteiger partial charge in [-0.2, -0.15) is 0 Å². The van der Waals surface area contributed by atoms with Crippen molar-refractivity contribution in [3.8, 4) is 22.6 Å². The zero-order chi connectivity index (χ0) is 28.7. The van der Waals surface area contributed by atoms with Gasteiger partial charge in [-0.15, -0.1) is 0 Å². The Labute approximate surface area is 236 Å². The number of fused-ring (bicyclic) bond motifs is 2. The smallest absolute Gasteiger partial charge is 0.254 e. The first-order valence-corrected chi connectivity index (χ1v) is 14.4. The predicted octanol–water partition coefficient (Wildman–Crippen LogP) is 5.55. The average Bonchev–Trinajstić information content (AvgIpc) is 3.22. The van der Waals surface area contributed by atoms with Crippen molar-refractivity contribution in [2.75, 3.05) is 20.3 Å². The normalized spacial score (nSPS) is 13.4. The summed E-state index contributed by atoms with van der Waals surface area (Å²) in [6, 6.07) is 21.0. The van der Waals surface area contributed by atoms with Crippen molar-refractivity contribution in [1.82, 2.24) is 14.9 Å². The molecule has 4 aromatic carbocycles. The van der Waals surface area contributed by atoms with E-state index >= 15 is 4.39 Å². The number of aryl methyl sites for hydroxylation is 1. The van der Waals surface area contributed by atoms with E-state index < -0.39 is 26.5 Å². The van der Waals surface area contributed by atoms with Gasteiger partial charge in [-0.05, 0) is 84.8 Å². The summed E-state index contributed by atoms with van der Waals surface area (Å²) in [5.41, 5.74) is 4.62. The van der Waals surface area contributed by atoms with Crippen molar-refractivity contribution >= 4 is 26.8 Å². The maximum Gasteiger partial charge on any atom is 0.254 e. The minimum absolute atomic E-state index is 0.0517. The number of nitrogens with one attached hydrogen (secondary N) is 1. The van der Waals surface area contributed by atoms with Gasteiger partial charge in [0, 0.05) is 17.7 Å². The van der Waals surface area contributed by atoms with Gasteiger partial charge in [0.25, 0.3) is 5.91 Å². The van der Waals surface area contributed by atoms with E-state index in [4.69, 9.17) is 9.47 Å². The molecule has 10 heteroatoms. The van der Waals surface area contributed by atoms with Gasteiger partial charge in [-0.25, -0.2) is 17.8 Å². The molecule has 1 aliphatic heterocycles. The van der Waals surface area contributed by atoms with Crippen molar-refractivity contribution in [1.29, 1.82) is 0 Å². The van der Waals surface area contributed by atoms with Gasteiger partial charge in [-0.3, -0.25) is 4.79 Å². The van der Waals surface area contributed by atoms with Gasteiger partial charge < -0.3 is 19.4 Å². The Morgan fingerprint density at radius 2 is 1.76 bits per heavy atom. The lowest BCUT2D eigenvalue weighted by Crippen LogP contribution is -2.32. The third kappa shape index (κ3) is 5.02. The molecular weight excluding hydrogens is 545 g/mol. The van der Waals surface area contributed by atoms with E-state index in [9.17, 15) is 13.2 Å². The third-order valence-corrected chi connectivity index (χ3v) is 8.90. The number of rotatable bonds is 5. The molecule has 0 bridgehead atoms. The molecule has 1 amide bonds. The van der Waals surface area contributed by atoms with Crippen LogP contribution in [0.15, 0.2) is 88.7 Å². The molecule has 208 valence electrons. The number of carbonyl (C=O) groups excluding carboxylic acids is 1. The van der Waals surface area contributed by atoms with E-state index in [1.54, 1.807) is 4.90 Å². The molecule has 0 saturated heterocycles. The SMILES string of the molecule is COc1ccc(S(=O)(=O)c2ccc(C(=O)N3CCOc4ccc(-c5ccc6nc(C)[nH]c6c5)cc4C3)cc2F)cc1. The number of aromatic nitrogens is 2. The van der Waals surface area contributed by atoms with Crippen LogP contribution in [0, 0.1) is 12.7 Å². The summed E-state index contributed by atoms with van der Waals surface area (Å²) in [6.45, 7) is 2.71. The highest BCUT2D eigenvalue weighted by Gasteiger charge is 2.26. The number of sulfone groups is 1. The second kappa shape index (κ2) is 10.4. The number of amides is 1. The number of aromatic amines is 1. The highest BCUT2D eigenvalue weighted by atomic mass is 32.2. The fraction of sp³-hybridized carbons (Fsp3) is 0.161. The number of methoxy groups -OCH3 is 1. The van der Waals surface area contributed by atoms with Gasteiger partial charge in [0.2, 0.25) is 9.84 Å². The number of halogens is 1. The Morgan fingerprint density at radius 3 is 2.51 bits per heavy atom. The third-order valence-electron chi connectivity index (χ3n) is 7.10. The van der Waals surface area contributed by atoms with Crippen LogP contribution >= 0.6 is 0 Å². The van der Waals surface area contributed by atoms with Gasteiger partial charge >= 0.3 is 0 Å². The molecule has 6 rings (SSSR count). The number of carbonyl (C=O) groups is 1. The van der Waals surface area contributed by atoms with E-state index in [-0.39, 0.29) is 30.2 Å².